The van der Waals surface area contributed by atoms with Gasteiger partial charge in [0.15, 0.2) is 0 Å². The van der Waals surface area contributed by atoms with Gasteiger partial charge in [-0.05, 0) is 24.1 Å². The fraction of sp³-hybridized carbons (Fsp3) is 0.300. The van der Waals surface area contributed by atoms with Crippen LogP contribution in [0.3, 0.4) is 0 Å². The van der Waals surface area contributed by atoms with Crippen molar-refractivity contribution in [1.29, 1.82) is 0 Å². The first kappa shape index (κ1) is 20.7. The number of benzene rings is 1. The number of aromatic nitrogens is 3. The smallest absolute Gasteiger partial charge is 0.332 e. The molecule has 2 aromatic heterocycles. The quantitative estimate of drug-likeness (QED) is 0.620. The van der Waals surface area contributed by atoms with Gasteiger partial charge in [0.2, 0.25) is 5.91 Å². The second kappa shape index (κ2) is 8.52. The first-order chi connectivity index (χ1) is 13.9. The number of aryl methyl sites for hydroxylation is 2. The van der Waals surface area contributed by atoms with Gasteiger partial charge in [0.25, 0.3) is 5.56 Å². The van der Waals surface area contributed by atoms with Crippen LogP contribution in [0.5, 0.6) is 5.75 Å². The van der Waals surface area contributed by atoms with E-state index in [0.29, 0.717) is 33.8 Å². The second-order valence-corrected chi connectivity index (χ2v) is 7.42. The average Bonchev–Trinajstić information content (AvgIpc) is 2.74. The number of ether oxygens (including phenoxy) is 1. The monoisotopic (exact) mass is 414 g/mol. The third-order valence-corrected chi connectivity index (χ3v) is 5.74. The van der Waals surface area contributed by atoms with Crippen LogP contribution in [0.1, 0.15) is 12.5 Å². The maximum absolute atomic E-state index is 12.8. The Hall–Kier alpha value is -3.07. The van der Waals surface area contributed by atoms with Crippen LogP contribution in [0.4, 0.5) is 5.69 Å². The molecular weight excluding hydrogens is 392 g/mol. The highest BCUT2D eigenvalue weighted by molar-refractivity contribution is 8.00. The minimum atomic E-state index is -0.439. The maximum atomic E-state index is 12.8. The summed E-state index contributed by atoms with van der Waals surface area (Å²) in [6.45, 7) is 1.95. The highest BCUT2D eigenvalue weighted by Crippen LogP contribution is 2.28. The summed E-state index contributed by atoms with van der Waals surface area (Å²) in [6, 6.07) is 7.09. The molecule has 8 nitrogen and oxygen atoms in total. The van der Waals surface area contributed by atoms with E-state index in [1.54, 1.807) is 44.6 Å². The number of nitrogens with one attached hydrogen (secondary N) is 1. The number of methoxy groups -OCH3 is 1. The van der Waals surface area contributed by atoms with Gasteiger partial charge in [-0.2, -0.15) is 0 Å². The molecule has 0 saturated heterocycles. The number of rotatable bonds is 6. The number of anilines is 1. The largest absolute Gasteiger partial charge is 0.497 e. The Morgan fingerprint density at radius 2 is 2.00 bits per heavy atom. The predicted molar refractivity (Wildman–Crippen MR) is 114 cm³/mol. The van der Waals surface area contributed by atoms with Crippen LogP contribution in [-0.2, 0) is 25.3 Å². The number of hydrogen-bond donors (Lipinski definition) is 1. The zero-order valence-corrected chi connectivity index (χ0v) is 17.5. The molecule has 2 heterocycles. The van der Waals surface area contributed by atoms with Crippen molar-refractivity contribution in [3.05, 3.63) is 56.9 Å². The second-order valence-electron chi connectivity index (χ2n) is 6.44. The molecule has 152 valence electrons. The maximum Gasteiger partial charge on any atom is 0.332 e. The molecule has 0 aliphatic carbocycles. The van der Waals surface area contributed by atoms with Gasteiger partial charge in [-0.1, -0.05) is 13.0 Å². The van der Waals surface area contributed by atoms with Gasteiger partial charge in [-0.15, -0.1) is 11.8 Å². The minimum Gasteiger partial charge on any atom is -0.497 e. The van der Waals surface area contributed by atoms with E-state index in [1.165, 1.54) is 23.4 Å². The molecular formula is C20H22N4O4S. The van der Waals surface area contributed by atoms with Gasteiger partial charge in [0.05, 0.1) is 18.2 Å². The fourth-order valence-electron chi connectivity index (χ4n) is 2.99. The van der Waals surface area contributed by atoms with Crippen molar-refractivity contribution in [3.63, 3.8) is 0 Å². The summed E-state index contributed by atoms with van der Waals surface area (Å²) in [7, 11) is 4.57. The summed E-state index contributed by atoms with van der Waals surface area (Å²) in [5.74, 6) is 0.542. The van der Waals surface area contributed by atoms with E-state index in [2.05, 4.69) is 10.3 Å². The molecule has 3 aromatic rings. The van der Waals surface area contributed by atoms with Gasteiger partial charge in [0.1, 0.15) is 11.4 Å². The van der Waals surface area contributed by atoms with Crippen molar-refractivity contribution in [1.82, 2.24) is 14.1 Å². The van der Waals surface area contributed by atoms with Crippen molar-refractivity contribution in [2.75, 3.05) is 18.2 Å². The van der Waals surface area contributed by atoms with Crippen LogP contribution in [-0.4, -0.2) is 32.9 Å². The van der Waals surface area contributed by atoms with Crippen LogP contribution in [0.15, 0.2) is 44.9 Å². The van der Waals surface area contributed by atoms with E-state index in [0.717, 1.165) is 10.1 Å². The standard InChI is InChI=1S/C20H22N4O4S/c1-5-12-10-21-18-16(19(26)24(3)20(27)23(18)2)17(12)29-11-15(25)22-13-7-6-8-14(9-13)28-4/h6-10H,5,11H2,1-4H3,(H,22,25). The minimum absolute atomic E-state index is 0.106. The van der Waals surface area contributed by atoms with Crippen molar-refractivity contribution >= 4 is 34.4 Å². The van der Waals surface area contributed by atoms with Gasteiger partial charge >= 0.3 is 5.69 Å². The highest BCUT2D eigenvalue weighted by atomic mass is 32.2. The molecule has 0 spiro atoms. The normalized spacial score (nSPS) is 10.9. The molecule has 0 radical (unpaired) electrons. The van der Waals surface area contributed by atoms with Crippen LogP contribution in [0, 0.1) is 0 Å². The molecule has 0 bridgehead atoms. The van der Waals surface area contributed by atoms with E-state index < -0.39 is 11.2 Å². The number of fused-ring (bicyclic) bond motifs is 1. The van der Waals surface area contributed by atoms with E-state index in [9.17, 15) is 14.4 Å². The van der Waals surface area contributed by atoms with E-state index in [1.807, 2.05) is 6.92 Å². The number of carbonyl (C=O) groups is 1. The number of pyridine rings is 1. The summed E-state index contributed by atoms with van der Waals surface area (Å²) in [4.78, 5) is 42.4. The number of hydrogen-bond acceptors (Lipinski definition) is 6. The molecule has 9 heteroatoms. The Bertz CT molecular complexity index is 1200. The van der Waals surface area contributed by atoms with Crippen molar-refractivity contribution in [3.8, 4) is 5.75 Å². The highest BCUT2D eigenvalue weighted by Gasteiger charge is 2.18. The van der Waals surface area contributed by atoms with Crippen LogP contribution in [0.2, 0.25) is 0 Å². The molecule has 0 fully saturated rings. The SMILES string of the molecule is CCc1cnc2c(c1SCC(=O)Nc1cccc(OC)c1)c(=O)n(C)c(=O)n2C. The van der Waals surface area contributed by atoms with E-state index >= 15 is 0 Å². The topological polar surface area (TPSA) is 95.2 Å². The Balaban J connectivity index is 1.94. The lowest BCUT2D eigenvalue weighted by atomic mass is 10.2. The molecule has 0 saturated carbocycles. The summed E-state index contributed by atoms with van der Waals surface area (Å²) < 4.78 is 7.56. The van der Waals surface area contributed by atoms with Crippen LogP contribution < -0.4 is 21.3 Å². The molecule has 3 rings (SSSR count). The fourth-order valence-corrected chi connectivity index (χ4v) is 4.05. The van der Waals surface area contributed by atoms with Crippen molar-refractivity contribution in [2.24, 2.45) is 14.1 Å². The summed E-state index contributed by atoms with van der Waals surface area (Å²) in [5, 5.41) is 3.18. The molecule has 0 unspecified atom stereocenters. The first-order valence-corrected chi connectivity index (χ1v) is 10.00. The number of thioether (sulfide) groups is 1. The molecule has 1 aromatic carbocycles. The molecule has 29 heavy (non-hydrogen) atoms. The van der Waals surface area contributed by atoms with Gasteiger partial charge in [-0.25, -0.2) is 9.78 Å². The Morgan fingerprint density at radius 1 is 1.24 bits per heavy atom. The zero-order valence-electron chi connectivity index (χ0n) is 16.7. The lowest BCUT2D eigenvalue weighted by Gasteiger charge is -2.13. The third-order valence-electron chi connectivity index (χ3n) is 4.58. The Morgan fingerprint density at radius 3 is 2.69 bits per heavy atom. The molecule has 0 aliphatic rings. The first-order valence-electron chi connectivity index (χ1n) is 9.01. The molecule has 0 atom stereocenters. The van der Waals surface area contributed by atoms with Gasteiger partial charge in [-0.3, -0.25) is 18.7 Å². The van der Waals surface area contributed by atoms with E-state index in [4.69, 9.17) is 4.74 Å². The summed E-state index contributed by atoms with van der Waals surface area (Å²) in [5.41, 5.74) is 0.939. The average molecular weight is 414 g/mol. The van der Waals surface area contributed by atoms with Crippen molar-refractivity contribution < 1.29 is 9.53 Å². The zero-order chi connectivity index (χ0) is 21.1. The summed E-state index contributed by atoms with van der Waals surface area (Å²) >= 11 is 1.26. The van der Waals surface area contributed by atoms with Gasteiger partial charge < -0.3 is 10.1 Å². The molecule has 1 amide bonds. The van der Waals surface area contributed by atoms with E-state index in [-0.39, 0.29) is 11.7 Å². The molecule has 0 aliphatic heterocycles. The van der Waals surface area contributed by atoms with Crippen molar-refractivity contribution in [2.45, 2.75) is 18.2 Å². The number of nitrogens with zero attached hydrogens (tertiary/aromatic N) is 3. The van der Waals surface area contributed by atoms with Crippen LogP contribution >= 0.6 is 11.8 Å². The predicted octanol–water partition coefficient (Wildman–Crippen LogP) is 1.93. The lowest BCUT2D eigenvalue weighted by molar-refractivity contribution is -0.113. The molecule has 1 N–H and O–H groups in total. The third kappa shape index (κ3) is 4.04. The summed E-state index contributed by atoms with van der Waals surface area (Å²) in [6.07, 6.45) is 2.30. The Kier molecular flexibility index (Phi) is 6.07. The van der Waals surface area contributed by atoms with Gasteiger partial charge in [0, 0.05) is 36.9 Å². The van der Waals surface area contributed by atoms with Crippen LogP contribution in [0.25, 0.3) is 11.0 Å². The number of amides is 1. The number of carbonyl (C=O) groups excluding carboxylic acids is 1. The lowest BCUT2D eigenvalue weighted by Crippen LogP contribution is -2.37. The Labute approximate surface area is 171 Å².